The average molecular weight is 509 g/mol. The smallest absolute Gasteiger partial charge is 0.264 e. The minimum atomic E-state index is -3.76. The second-order valence-corrected chi connectivity index (χ2v) is 11.6. The Balaban J connectivity index is 1.38. The predicted molar refractivity (Wildman–Crippen MR) is 139 cm³/mol. The molecule has 5 aromatic rings. The molecule has 3 aromatic carbocycles. The standard InChI is InChI=1S/C24H20N4O3S3/c1-3-28(17-7-5-4-6-8-17)34(30,31)18-11-9-16(10-12-18)23(29)27-24-26-19-13-14-20-21(22(19)33-24)25-15(2)32-20/h4-14H,3H2,1-2H3,(H,26,27,29). The molecule has 0 spiro atoms. The molecule has 0 aliphatic carbocycles. The van der Waals surface area contributed by atoms with E-state index in [1.54, 1.807) is 42.5 Å². The van der Waals surface area contributed by atoms with E-state index in [2.05, 4.69) is 15.3 Å². The average Bonchev–Trinajstić information content (AvgIpc) is 3.42. The predicted octanol–water partition coefficient (Wildman–Crippen LogP) is 5.68. The molecule has 10 heteroatoms. The first-order valence-electron chi connectivity index (χ1n) is 10.5. The van der Waals surface area contributed by atoms with Gasteiger partial charge in [-0.05, 0) is 62.4 Å². The second kappa shape index (κ2) is 8.79. The molecule has 0 atom stereocenters. The van der Waals surface area contributed by atoms with Gasteiger partial charge >= 0.3 is 0 Å². The first-order valence-corrected chi connectivity index (χ1v) is 13.6. The van der Waals surface area contributed by atoms with Crippen LogP contribution in [0.2, 0.25) is 0 Å². The Morgan fingerprint density at radius 2 is 1.71 bits per heavy atom. The summed E-state index contributed by atoms with van der Waals surface area (Å²) < 4.78 is 29.7. The molecule has 172 valence electrons. The van der Waals surface area contributed by atoms with Crippen LogP contribution in [-0.2, 0) is 10.0 Å². The Morgan fingerprint density at radius 1 is 0.971 bits per heavy atom. The summed E-state index contributed by atoms with van der Waals surface area (Å²) in [5.74, 6) is -0.357. The van der Waals surface area contributed by atoms with Crippen molar-refractivity contribution < 1.29 is 13.2 Å². The Hall–Kier alpha value is -3.34. The molecule has 1 amide bonds. The van der Waals surface area contributed by atoms with Crippen molar-refractivity contribution in [2.75, 3.05) is 16.2 Å². The van der Waals surface area contributed by atoms with E-state index in [1.807, 2.05) is 25.1 Å². The number of hydrogen-bond donors (Lipinski definition) is 1. The van der Waals surface area contributed by atoms with Gasteiger partial charge in [0.05, 0.1) is 30.5 Å². The van der Waals surface area contributed by atoms with Crippen LogP contribution in [0.4, 0.5) is 10.8 Å². The van der Waals surface area contributed by atoms with E-state index in [9.17, 15) is 13.2 Å². The molecule has 0 radical (unpaired) electrons. The van der Waals surface area contributed by atoms with Crippen molar-refractivity contribution in [3.8, 4) is 0 Å². The molecule has 1 N–H and O–H groups in total. The summed E-state index contributed by atoms with van der Waals surface area (Å²) in [5.41, 5.74) is 2.61. The van der Waals surface area contributed by atoms with E-state index in [1.165, 1.54) is 39.9 Å². The van der Waals surface area contributed by atoms with Crippen LogP contribution in [0.25, 0.3) is 20.4 Å². The lowest BCUT2D eigenvalue weighted by Gasteiger charge is -2.22. The number of hydrogen-bond acceptors (Lipinski definition) is 7. The van der Waals surface area contributed by atoms with E-state index in [0.29, 0.717) is 16.4 Å². The summed E-state index contributed by atoms with van der Waals surface area (Å²) >= 11 is 2.99. The number of amides is 1. The number of nitrogens with zero attached hydrogens (tertiary/aromatic N) is 3. The van der Waals surface area contributed by atoms with Gasteiger partial charge in [-0.2, -0.15) is 0 Å². The number of aryl methyl sites for hydroxylation is 1. The van der Waals surface area contributed by atoms with Gasteiger partial charge < -0.3 is 0 Å². The first kappa shape index (κ1) is 22.5. The Bertz CT molecular complexity index is 1610. The van der Waals surface area contributed by atoms with Gasteiger partial charge in [-0.15, -0.1) is 11.3 Å². The highest BCUT2D eigenvalue weighted by Crippen LogP contribution is 2.35. The Morgan fingerprint density at radius 3 is 2.41 bits per heavy atom. The van der Waals surface area contributed by atoms with Crippen molar-refractivity contribution in [1.82, 2.24) is 9.97 Å². The normalized spacial score (nSPS) is 11.7. The maximum Gasteiger partial charge on any atom is 0.264 e. The highest BCUT2D eigenvalue weighted by molar-refractivity contribution is 7.92. The minimum absolute atomic E-state index is 0.121. The van der Waals surface area contributed by atoms with Crippen LogP contribution >= 0.6 is 22.7 Å². The van der Waals surface area contributed by atoms with Crippen LogP contribution in [0, 0.1) is 6.92 Å². The zero-order valence-electron chi connectivity index (χ0n) is 18.3. The number of benzene rings is 3. The summed E-state index contributed by atoms with van der Waals surface area (Å²) in [6.07, 6.45) is 0. The molecule has 5 rings (SSSR count). The minimum Gasteiger partial charge on any atom is -0.298 e. The van der Waals surface area contributed by atoms with Gasteiger partial charge in [0, 0.05) is 12.1 Å². The number of fused-ring (bicyclic) bond motifs is 3. The summed E-state index contributed by atoms with van der Waals surface area (Å²) in [7, 11) is -3.76. The molecule has 0 unspecified atom stereocenters. The summed E-state index contributed by atoms with van der Waals surface area (Å²) in [4.78, 5) is 22.0. The van der Waals surface area contributed by atoms with Gasteiger partial charge in [0.25, 0.3) is 15.9 Å². The van der Waals surface area contributed by atoms with Gasteiger partial charge in [0.2, 0.25) is 0 Å². The molecular weight excluding hydrogens is 488 g/mol. The Kier molecular flexibility index (Phi) is 5.80. The van der Waals surface area contributed by atoms with Crippen LogP contribution in [0.5, 0.6) is 0 Å². The molecule has 0 aliphatic rings. The number of nitrogens with one attached hydrogen (secondary N) is 1. The van der Waals surface area contributed by atoms with E-state index in [-0.39, 0.29) is 17.3 Å². The molecule has 34 heavy (non-hydrogen) atoms. The number of anilines is 2. The fourth-order valence-electron chi connectivity index (χ4n) is 3.70. The molecule has 2 aromatic heterocycles. The van der Waals surface area contributed by atoms with Crippen LogP contribution in [-0.4, -0.2) is 30.8 Å². The van der Waals surface area contributed by atoms with Crippen LogP contribution in [0.15, 0.2) is 71.6 Å². The SMILES string of the molecule is CCN(c1ccccc1)S(=O)(=O)c1ccc(C(=O)Nc2nc3ccc4sc(C)nc4c3s2)cc1. The van der Waals surface area contributed by atoms with Crippen LogP contribution in [0.3, 0.4) is 0 Å². The van der Waals surface area contributed by atoms with Crippen molar-refractivity contribution in [3.63, 3.8) is 0 Å². The van der Waals surface area contributed by atoms with Gasteiger partial charge in [-0.1, -0.05) is 29.5 Å². The van der Waals surface area contributed by atoms with E-state index < -0.39 is 10.0 Å². The highest BCUT2D eigenvalue weighted by atomic mass is 32.2. The zero-order chi connectivity index (χ0) is 23.9. The molecule has 7 nitrogen and oxygen atoms in total. The van der Waals surface area contributed by atoms with Gasteiger partial charge in [-0.3, -0.25) is 14.4 Å². The van der Waals surface area contributed by atoms with E-state index in [4.69, 9.17) is 0 Å². The topological polar surface area (TPSA) is 92.3 Å². The van der Waals surface area contributed by atoms with Crippen molar-refractivity contribution in [2.45, 2.75) is 18.7 Å². The number of carbonyl (C=O) groups excluding carboxylic acids is 1. The largest absolute Gasteiger partial charge is 0.298 e. The van der Waals surface area contributed by atoms with E-state index >= 15 is 0 Å². The lowest BCUT2D eigenvalue weighted by molar-refractivity contribution is 0.102. The fraction of sp³-hybridized carbons (Fsp3) is 0.125. The second-order valence-electron chi connectivity index (χ2n) is 7.50. The molecule has 0 fully saturated rings. The summed E-state index contributed by atoms with van der Waals surface area (Å²) in [6.45, 7) is 4.03. The van der Waals surface area contributed by atoms with Gasteiger partial charge in [-0.25, -0.2) is 18.4 Å². The lowest BCUT2D eigenvalue weighted by Crippen LogP contribution is -2.30. The number of para-hydroxylation sites is 1. The van der Waals surface area contributed by atoms with E-state index in [0.717, 1.165) is 25.4 Å². The fourth-order valence-corrected chi connectivity index (χ4v) is 7.03. The van der Waals surface area contributed by atoms with Gasteiger partial charge in [0.15, 0.2) is 5.13 Å². The summed E-state index contributed by atoms with van der Waals surface area (Å²) in [6, 6.07) is 18.8. The third kappa shape index (κ3) is 4.04. The monoisotopic (exact) mass is 508 g/mol. The molecule has 0 bridgehead atoms. The van der Waals surface area contributed by atoms with Crippen molar-refractivity contribution in [2.24, 2.45) is 0 Å². The zero-order valence-corrected chi connectivity index (χ0v) is 20.8. The molecule has 2 heterocycles. The van der Waals surface area contributed by atoms with Crippen molar-refractivity contribution >= 4 is 69.9 Å². The van der Waals surface area contributed by atoms with Crippen LogP contribution < -0.4 is 9.62 Å². The number of sulfonamides is 1. The molecule has 0 aliphatic heterocycles. The Labute approximate surface area is 204 Å². The maximum atomic E-state index is 13.2. The number of rotatable bonds is 6. The van der Waals surface area contributed by atoms with Crippen molar-refractivity contribution in [3.05, 3.63) is 77.3 Å². The quantitative estimate of drug-likeness (QED) is 0.318. The van der Waals surface area contributed by atoms with Crippen LogP contribution in [0.1, 0.15) is 22.3 Å². The summed E-state index contributed by atoms with van der Waals surface area (Å²) in [5, 5.41) is 4.27. The highest BCUT2D eigenvalue weighted by Gasteiger charge is 2.24. The number of carbonyl (C=O) groups is 1. The maximum absolute atomic E-state index is 13.2. The first-order chi connectivity index (χ1) is 16.4. The third-order valence-electron chi connectivity index (χ3n) is 5.28. The number of thiazole rings is 2. The lowest BCUT2D eigenvalue weighted by atomic mass is 10.2. The molecule has 0 saturated carbocycles. The van der Waals surface area contributed by atoms with Gasteiger partial charge in [0.1, 0.15) is 5.52 Å². The molecular formula is C24H20N4O3S3. The van der Waals surface area contributed by atoms with Crippen molar-refractivity contribution in [1.29, 1.82) is 0 Å². The number of aromatic nitrogens is 2. The third-order valence-corrected chi connectivity index (χ3v) is 9.12. The molecule has 0 saturated heterocycles.